The van der Waals surface area contributed by atoms with Crippen molar-refractivity contribution in [1.82, 2.24) is 0 Å². The second kappa shape index (κ2) is 9.14. The molecule has 8 N–H and O–H groups in total. The number of hydrogen-bond donors (Lipinski definition) is 4. The summed E-state index contributed by atoms with van der Waals surface area (Å²) in [5, 5.41) is 36.1. The van der Waals surface area contributed by atoms with Crippen LogP contribution in [0.2, 0.25) is 0 Å². The minimum atomic E-state index is -1.35. The van der Waals surface area contributed by atoms with Crippen LogP contribution in [0.4, 0.5) is 0 Å². The van der Waals surface area contributed by atoms with Gasteiger partial charge in [0.2, 0.25) is 0 Å². The second-order valence-electron chi connectivity index (χ2n) is 2.70. The van der Waals surface area contributed by atoms with E-state index < -0.39 is 36.5 Å². The average Bonchev–Trinajstić information content (AvgIpc) is 2.08. The van der Waals surface area contributed by atoms with E-state index in [1.165, 1.54) is 0 Å². The molecule has 0 aromatic rings. The molecule has 0 bridgehead atoms. The van der Waals surface area contributed by atoms with Crippen LogP contribution in [-0.2, 0) is 17.4 Å². The van der Waals surface area contributed by atoms with Crippen molar-refractivity contribution in [3.05, 3.63) is 0 Å². The van der Waals surface area contributed by atoms with Crippen molar-refractivity contribution >= 4 is 12.6 Å². The van der Waals surface area contributed by atoms with Crippen molar-refractivity contribution < 1.29 is 65.7 Å². The van der Waals surface area contributed by atoms with Gasteiger partial charge in [-0.25, -0.2) is 0 Å². The van der Waals surface area contributed by atoms with Gasteiger partial charge in [-0.15, -0.1) is 0 Å². The van der Waals surface area contributed by atoms with Crippen LogP contribution in [-0.4, -0.2) is 67.8 Å². The normalized spacial score (nSPS) is 39.4. The van der Waals surface area contributed by atoms with E-state index in [-0.39, 0.29) is 40.5 Å². The summed E-state index contributed by atoms with van der Waals surface area (Å²) in [4.78, 5) is 0. The van der Waals surface area contributed by atoms with E-state index in [1.54, 1.807) is 0 Å². The van der Waals surface area contributed by atoms with Crippen LogP contribution in [0.1, 0.15) is 0 Å². The maximum Gasteiger partial charge on any atom is 1.00 e. The fraction of sp³-hybridized carbons (Fsp3) is 1.00. The molecule has 1 fully saturated rings. The van der Waals surface area contributed by atoms with Gasteiger partial charge >= 0.3 is 29.6 Å². The summed E-state index contributed by atoms with van der Waals surface area (Å²) < 4.78 is 4.84. The van der Waals surface area contributed by atoms with Crippen LogP contribution < -0.4 is 29.6 Å². The van der Waals surface area contributed by atoms with E-state index in [9.17, 15) is 5.11 Å². The van der Waals surface area contributed by atoms with E-state index in [2.05, 4.69) is 12.6 Å². The third-order valence-electron chi connectivity index (χ3n) is 1.85. The Morgan fingerprint density at radius 1 is 1.00 bits per heavy atom. The van der Waals surface area contributed by atoms with Crippen molar-refractivity contribution in [1.29, 1.82) is 0 Å². The molecule has 9 heteroatoms. The number of hydrogen-bond acceptors (Lipinski definition) is 6. The van der Waals surface area contributed by atoms with Crippen molar-refractivity contribution in [2.45, 2.75) is 29.9 Å². The molecule has 15 heavy (non-hydrogen) atoms. The fourth-order valence-corrected chi connectivity index (χ4v) is 1.37. The predicted molar refractivity (Wildman–Crippen MR) is 48.4 cm³/mol. The third-order valence-corrected chi connectivity index (χ3v) is 2.24. The van der Waals surface area contributed by atoms with E-state index in [0.717, 1.165) is 0 Å². The SMILES string of the molecule is O.O.OCC1OC([S-])C(O)C(O)C1O.[Na+]. The maximum atomic E-state index is 9.18. The Labute approximate surface area is 114 Å². The molecule has 0 saturated carbocycles. The van der Waals surface area contributed by atoms with Crippen LogP contribution in [0.15, 0.2) is 0 Å². The zero-order valence-corrected chi connectivity index (χ0v) is 11.0. The Bertz CT molecular complexity index is 158. The summed E-state index contributed by atoms with van der Waals surface area (Å²) >= 11 is 4.63. The molecule has 5 unspecified atom stereocenters. The van der Waals surface area contributed by atoms with Crippen LogP contribution >= 0.6 is 0 Å². The first-order chi connectivity index (χ1) is 5.57. The van der Waals surface area contributed by atoms with Gasteiger partial charge in [0, 0.05) is 0 Å². The molecule has 0 aliphatic carbocycles. The Morgan fingerprint density at radius 3 is 1.87 bits per heavy atom. The van der Waals surface area contributed by atoms with Crippen LogP contribution in [0.5, 0.6) is 0 Å². The Kier molecular flexibility index (Phi) is 13.0. The van der Waals surface area contributed by atoms with E-state index in [0.29, 0.717) is 0 Å². The summed E-state index contributed by atoms with van der Waals surface area (Å²) in [6.07, 6.45) is -4.83. The molecule has 1 heterocycles. The summed E-state index contributed by atoms with van der Waals surface area (Å²) in [5.74, 6) is 0. The summed E-state index contributed by atoms with van der Waals surface area (Å²) in [6, 6.07) is 0. The molecule has 7 nitrogen and oxygen atoms in total. The number of aliphatic hydroxyl groups excluding tert-OH is 4. The Balaban J connectivity index is -0.000000480. The molecule has 1 saturated heterocycles. The molecule has 5 atom stereocenters. The van der Waals surface area contributed by atoms with Crippen LogP contribution in [0.25, 0.3) is 0 Å². The first-order valence-electron chi connectivity index (χ1n) is 3.54. The molecular weight excluding hydrogens is 239 g/mol. The largest absolute Gasteiger partial charge is 1.00 e. The first-order valence-corrected chi connectivity index (χ1v) is 4.01. The second-order valence-corrected chi connectivity index (χ2v) is 3.16. The monoisotopic (exact) mass is 254 g/mol. The van der Waals surface area contributed by atoms with Gasteiger partial charge in [-0.05, 0) is 5.44 Å². The number of rotatable bonds is 1. The predicted octanol–water partition coefficient (Wildman–Crippen LogP) is -7.31. The molecule has 0 amide bonds. The van der Waals surface area contributed by atoms with Gasteiger partial charge in [0.05, 0.1) is 12.7 Å². The van der Waals surface area contributed by atoms with Gasteiger partial charge in [0.1, 0.15) is 18.3 Å². The quantitative estimate of drug-likeness (QED) is 0.269. The number of ether oxygens (including phenoxy) is 1. The summed E-state index contributed by atoms with van der Waals surface area (Å²) in [6.45, 7) is -0.432. The molecule has 0 radical (unpaired) electrons. The zero-order chi connectivity index (χ0) is 9.30. The minimum absolute atomic E-state index is 0. The zero-order valence-electron chi connectivity index (χ0n) is 8.20. The smallest absolute Gasteiger partial charge is 0.759 e. The van der Waals surface area contributed by atoms with Crippen LogP contribution in [0.3, 0.4) is 0 Å². The van der Waals surface area contributed by atoms with Gasteiger partial charge in [0.25, 0.3) is 0 Å². The van der Waals surface area contributed by atoms with Gasteiger partial charge in [-0.1, -0.05) is 0 Å². The third kappa shape index (κ3) is 4.84. The van der Waals surface area contributed by atoms with Crippen molar-refractivity contribution in [3.8, 4) is 0 Å². The van der Waals surface area contributed by atoms with Crippen LogP contribution in [0, 0.1) is 0 Å². The molecule has 88 valence electrons. The molecule has 0 spiro atoms. The van der Waals surface area contributed by atoms with Gasteiger partial charge in [-0.2, -0.15) is 0 Å². The van der Waals surface area contributed by atoms with Gasteiger partial charge in [0.15, 0.2) is 0 Å². The molecule has 0 aromatic heterocycles. The van der Waals surface area contributed by atoms with Crippen molar-refractivity contribution in [2.75, 3.05) is 6.61 Å². The molecule has 1 rings (SSSR count). The summed E-state index contributed by atoms with van der Waals surface area (Å²) in [5.41, 5.74) is -0.986. The van der Waals surface area contributed by atoms with Gasteiger partial charge < -0.3 is 48.7 Å². The fourth-order valence-electron chi connectivity index (χ4n) is 1.07. The number of aliphatic hydroxyl groups is 4. The van der Waals surface area contributed by atoms with Crippen molar-refractivity contribution in [3.63, 3.8) is 0 Å². The minimum Gasteiger partial charge on any atom is -0.759 e. The van der Waals surface area contributed by atoms with E-state index in [4.69, 9.17) is 20.1 Å². The first kappa shape index (κ1) is 21.4. The molecular formula is C6H15NaO7S. The molecule has 0 aromatic carbocycles. The Hall–Kier alpha value is 1.07. The molecule has 1 aliphatic rings. The standard InChI is InChI=1S/C6H12O5S.Na.2H2O/c7-1-2-3(8)4(9)5(10)6(12)11-2;;;/h2-10,12H,1H2;;2*1H2/q;+1;;/p-1. The Morgan fingerprint density at radius 2 is 1.47 bits per heavy atom. The molecule has 1 aliphatic heterocycles. The summed E-state index contributed by atoms with van der Waals surface area (Å²) in [7, 11) is 0. The van der Waals surface area contributed by atoms with Crippen molar-refractivity contribution in [2.24, 2.45) is 0 Å². The van der Waals surface area contributed by atoms with E-state index >= 15 is 0 Å². The maximum absolute atomic E-state index is 9.18. The topological polar surface area (TPSA) is 153 Å². The van der Waals surface area contributed by atoms with Gasteiger partial charge in [-0.3, -0.25) is 0 Å². The average molecular weight is 254 g/mol. The van der Waals surface area contributed by atoms with E-state index in [1.807, 2.05) is 0 Å².